The van der Waals surface area contributed by atoms with E-state index in [-0.39, 0.29) is 24.5 Å². The van der Waals surface area contributed by atoms with Crippen LogP contribution in [0.4, 0.5) is 4.79 Å². The highest BCUT2D eigenvalue weighted by Crippen LogP contribution is 2.28. The van der Waals surface area contributed by atoms with Crippen LogP contribution in [0, 0.1) is 0 Å². The number of nitrogens with one attached hydrogen (secondary N) is 2. The van der Waals surface area contributed by atoms with Crippen molar-refractivity contribution in [2.75, 3.05) is 13.7 Å². The van der Waals surface area contributed by atoms with Gasteiger partial charge in [-0.2, -0.15) is 0 Å². The third-order valence-corrected chi connectivity index (χ3v) is 3.69. The van der Waals surface area contributed by atoms with E-state index in [9.17, 15) is 14.4 Å². The first-order valence-electron chi connectivity index (χ1n) is 9.47. The van der Waals surface area contributed by atoms with Crippen LogP contribution in [0.25, 0.3) is 0 Å². The molecule has 2 aromatic rings. The van der Waals surface area contributed by atoms with E-state index in [1.54, 1.807) is 20.8 Å². The molecule has 0 aromatic heterocycles. The van der Waals surface area contributed by atoms with Crippen LogP contribution in [0.1, 0.15) is 36.7 Å². The highest BCUT2D eigenvalue weighted by Gasteiger charge is 2.18. The van der Waals surface area contributed by atoms with Gasteiger partial charge in [-0.3, -0.25) is 10.2 Å². The van der Waals surface area contributed by atoms with Crippen LogP contribution in [0.2, 0.25) is 0 Å². The summed E-state index contributed by atoms with van der Waals surface area (Å²) in [5, 5.41) is 0. The third kappa shape index (κ3) is 8.25. The Kier molecular flexibility index (Phi) is 8.25. The number of esters is 1. The Hall–Kier alpha value is -3.75. The standard InChI is InChI=1S/C22H26N2O7/c1-22(2,3)31-21(27)24-23-20(26)16-10-11-17(28-4)18(12-16)29-14-19(25)30-13-15-8-6-5-7-9-15/h5-12H,13-14H2,1-4H3,(H,23,26)(H,24,27). The first-order valence-corrected chi connectivity index (χ1v) is 9.47. The van der Waals surface area contributed by atoms with E-state index in [0.717, 1.165) is 5.56 Å². The van der Waals surface area contributed by atoms with Crippen LogP contribution in [-0.4, -0.2) is 37.3 Å². The van der Waals surface area contributed by atoms with Crippen molar-refractivity contribution in [3.63, 3.8) is 0 Å². The Labute approximate surface area is 180 Å². The minimum absolute atomic E-state index is 0.124. The lowest BCUT2D eigenvalue weighted by molar-refractivity contribution is -0.147. The van der Waals surface area contributed by atoms with Crippen LogP contribution in [-0.2, 0) is 20.9 Å². The van der Waals surface area contributed by atoms with Crippen LogP contribution in [0.5, 0.6) is 11.5 Å². The number of carbonyl (C=O) groups is 3. The molecule has 0 fully saturated rings. The smallest absolute Gasteiger partial charge is 0.426 e. The molecule has 2 rings (SSSR count). The Morgan fingerprint density at radius 1 is 0.935 bits per heavy atom. The zero-order chi connectivity index (χ0) is 22.9. The van der Waals surface area contributed by atoms with E-state index in [1.807, 2.05) is 30.3 Å². The minimum atomic E-state index is -0.799. The van der Waals surface area contributed by atoms with E-state index < -0.39 is 23.6 Å². The largest absolute Gasteiger partial charge is 0.493 e. The molecule has 2 aromatic carbocycles. The maximum atomic E-state index is 12.3. The average Bonchev–Trinajstić information content (AvgIpc) is 2.73. The Morgan fingerprint density at radius 2 is 1.65 bits per heavy atom. The van der Waals surface area contributed by atoms with Gasteiger partial charge in [0.05, 0.1) is 7.11 Å². The van der Waals surface area contributed by atoms with Crippen molar-refractivity contribution in [2.24, 2.45) is 0 Å². The maximum Gasteiger partial charge on any atom is 0.426 e. The van der Waals surface area contributed by atoms with Gasteiger partial charge in [-0.15, -0.1) is 0 Å². The molecule has 0 aliphatic heterocycles. The number of hydrogen-bond donors (Lipinski definition) is 2. The van der Waals surface area contributed by atoms with Gasteiger partial charge in [0.25, 0.3) is 5.91 Å². The number of hydrazine groups is 1. The van der Waals surface area contributed by atoms with Gasteiger partial charge in [0.15, 0.2) is 18.1 Å². The number of methoxy groups -OCH3 is 1. The molecule has 0 unspecified atom stereocenters. The lowest BCUT2D eigenvalue weighted by Gasteiger charge is -2.19. The van der Waals surface area contributed by atoms with Crippen molar-refractivity contribution in [1.82, 2.24) is 10.9 Å². The molecule has 0 spiro atoms. The van der Waals surface area contributed by atoms with Crippen molar-refractivity contribution in [1.29, 1.82) is 0 Å². The fourth-order valence-electron chi connectivity index (χ4n) is 2.33. The molecule has 0 heterocycles. The summed E-state index contributed by atoms with van der Waals surface area (Å²) in [6.45, 7) is 4.86. The summed E-state index contributed by atoms with van der Waals surface area (Å²) in [5.74, 6) is -0.686. The number of amides is 2. The molecular formula is C22H26N2O7. The van der Waals surface area contributed by atoms with Crippen LogP contribution in [0.15, 0.2) is 48.5 Å². The molecule has 2 N–H and O–H groups in total. The van der Waals surface area contributed by atoms with Gasteiger partial charge in [0.1, 0.15) is 12.2 Å². The third-order valence-electron chi connectivity index (χ3n) is 3.69. The molecule has 2 amide bonds. The quantitative estimate of drug-likeness (QED) is 0.513. The first-order chi connectivity index (χ1) is 14.7. The number of hydrogen-bond acceptors (Lipinski definition) is 7. The molecule has 9 heteroatoms. The van der Waals surface area contributed by atoms with Gasteiger partial charge in [-0.25, -0.2) is 15.0 Å². The average molecular weight is 430 g/mol. The second-order valence-electron chi connectivity index (χ2n) is 7.38. The number of carbonyl (C=O) groups excluding carboxylic acids is 3. The fourth-order valence-corrected chi connectivity index (χ4v) is 2.33. The second kappa shape index (κ2) is 10.9. The summed E-state index contributed by atoms with van der Waals surface area (Å²) in [4.78, 5) is 35.9. The molecule has 166 valence electrons. The van der Waals surface area contributed by atoms with Gasteiger partial charge < -0.3 is 18.9 Å². The summed E-state index contributed by atoms with van der Waals surface area (Å²) in [6.07, 6.45) is -0.799. The van der Waals surface area contributed by atoms with E-state index in [4.69, 9.17) is 18.9 Å². The van der Waals surface area contributed by atoms with Crippen LogP contribution < -0.4 is 20.3 Å². The predicted octanol–water partition coefficient (Wildman–Crippen LogP) is 2.99. The molecule has 0 atom stereocenters. The Balaban J connectivity index is 1.92. The molecule has 0 aliphatic carbocycles. The Morgan fingerprint density at radius 3 is 2.29 bits per heavy atom. The summed E-state index contributed by atoms with van der Waals surface area (Å²) < 4.78 is 20.9. The van der Waals surface area contributed by atoms with Crippen molar-refractivity contribution >= 4 is 18.0 Å². The van der Waals surface area contributed by atoms with Crippen LogP contribution >= 0.6 is 0 Å². The Bertz CT molecular complexity index is 908. The minimum Gasteiger partial charge on any atom is -0.493 e. The van der Waals surface area contributed by atoms with Gasteiger partial charge in [-0.05, 0) is 44.5 Å². The highest BCUT2D eigenvalue weighted by atomic mass is 16.6. The maximum absolute atomic E-state index is 12.3. The summed E-state index contributed by atoms with van der Waals surface area (Å²) in [6, 6.07) is 13.6. The molecule has 0 saturated heterocycles. The lowest BCUT2D eigenvalue weighted by atomic mass is 10.2. The van der Waals surface area contributed by atoms with E-state index >= 15 is 0 Å². The van der Waals surface area contributed by atoms with Gasteiger partial charge in [0.2, 0.25) is 0 Å². The number of ether oxygens (including phenoxy) is 4. The SMILES string of the molecule is COc1ccc(C(=O)NNC(=O)OC(C)(C)C)cc1OCC(=O)OCc1ccccc1. The zero-order valence-electron chi connectivity index (χ0n) is 17.9. The van der Waals surface area contributed by atoms with Crippen molar-refractivity contribution < 1.29 is 33.3 Å². The van der Waals surface area contributed by atoms with Crippen molar-refractivity contribution in [3.8, 4) is 11.5 Å². The van der Waals surface area contributed by atoms with Gasteiger partial charge >= 0.3 is 12.1 Å². The van der Waals surface area contributed by atoms with E-state index in [2.05, 4.69) is 10.9 Å². The first kappa shape index (κ1) is 23.5. The zero-order valence-corrected chi connectivity index (χ0v) is 17.9. The normalized spacial score (nSPS) is 10.6. The van der Waals surface area contributed by atoms with Crippen molar-refractivity contribution in [2.45, 2.75) is 33.0 Å². The molecule has 0 radical (unpaired) electrons. The fraction of sp³-hybridized carbons (Fsp3) is 0.318. The van der Waals surface area contributed by atoms with E-state index in [0.29, 0.717) is 5.75 Å². The van der Waals surface area contributed by atoms with Gasteiger partial charge in [0, 0.05) is 5.56 Å². The lowest BCUT2D eigenvalue weighted by Crippen LogP contribution is -2.44. The monoisotopic (exact) mass is 430 g/mol. The van der Waals surface area contributed by atoms with Crippen molar-refractivity contribution in [3.05, 3.63) is 59.7 Å². The number of benzene rings is 2. The molecule has 0 aliphatic rings. The second-order valence-corrected chi connectivity index (χ2v) is 7.38. The van der Waals surface area contributed by atoms with E-state index in [1.165, 1.54) is 25.3 Å². The topological polar surface area (TPSA) is 112 Å². The summed E-state index contributed by atoms with van der Waals surface area (Å²) in [5.41, 5.74) is 4.72. The van der Waals surface area contributed by atoms with Crippen LogP contribution in [0.3, 0.4) is 0 Å². The van der Waals surface area contributed by atoms with Gasteiger partial charge in [-0.1, -0.05) is 30.3 Å². The molecule has 31 heavy (non-hydrogen) atoms. The molecule has 9 nitrogen and oxygen atoms in total. The molecular weight excluding hydrogens is 404 g/mol. The molecule has 0 bridgehead atoms. The number of rotatable bonds is 7. The highest BCUT2D eigenvalue weighted by molar-refractivity contribution is 5.95. The molecule has 0 saturated carbocycles. The summed E-state index contributed by atoms with van der Waals surface area (Å²) in [7, 11) is 1.43. The predicted molar refractivity (Wildman–Crippen MR) is 112 cm³/mol. The summed E-state index contributed by atoms with van der Waals surface area (Å²) >= 11 is 0.